The molecule has 1 fully saturated rings. The zero-order chi connectivity index (χ0) is 13.7. The number of amides is 1. The fourth-order valence-corrected chi connectivity index (χ4v) is 2.25. The van der Waals surface area contributed by atoms with Crippen molar-refractivity contribution in [3.8, 4) is 0 Å². The molecule has 0 bridgehead atoms. The molecule has 1 rings (SSSR count). The maximum atomic E-state index is 12.1. The van der Waals surface area contributed by atoms with Crippen LogP contribution in [0.15, 0.2) is 0 Å². The normalized spacial score (nSPS) is 16.7. The largest absolute Gasteiger partial charge is 0.480 e. The Balaban J connectivity index is 2.51. The molecule has 0 aromatic rings. The van der Waals surface area contributed by atoms with E-state index in [0.29, 0.717) is 18.9 Å². The van der Waals surface area contributed by atoms with Gasteiger partial charge in [0, 0.05) is 12.5 Å². The maximum Gasteiger partial charge on any atom is 0.323 e. The Kier molecular flexibility index (Phi) is 5.59. The number of rotatable bonds is 8. The average Bonchev–Trinajstić information content (AvgIpc) is 3.07. The number of carboxylic acids is 1. The summed E-state index contributed by atoms with van der Waals surface area (Å²) in [5.74, 6) is -0.341. The average molecular weight is 256 g/mol. The van der Waals surface area contributed by atoms with E-state index in [4.69, 9.17) is 10.8 Å². The van der Waals surface area contributed by atoms with Gasteiger partial charge in [-0.3, -0.25) is 9.59 Å². The Morgan fingerprint density at radius 1 is 1.39 bits per heavy atom. The van der Waals surface area contributed by atoms with Crippen LogP contribution in [0.2, 0.25) is 0 Å². The molecular formula is C13H24N2O3. The van der Waals surface area contributed by atoms with Gasteiger partial charge in [-0.15, -0.1) is 0 Å². The molecule has 3 N–H and O–H groups in total. The van der Waals surface area contributed by atoms with Gasteiger partial charge in [0.05, 0.1) is 0 Å². The molecule has 0 radical (unpaired) electrons. The van der Waals surface area contributed by atoms with E-state index in [1.54, 1.807) is 0 Å². The van der Waals surface area contributed by atoms with Gasteiger partial charge in [-0.1, -0.05) is 13.8 Å². The number of hydrogen-bond donors (Lipinski definition) is 2. The molecule has 0 saturated heterocycles. The number of nitrogens with zero attached hydrogens (tertiary/aromatic N) is 1. The van der Waals surface area contributed by atoms with Crippen LogP contribution in [0.5, 0.6) is 0 Å². The van der Waals surface area contributed by atoms with Gasteiger partial charge in [0.2, 0.25) is 5.91 Å². The molecule has 5 nitrogen and oxygen atoms in total. The van der Waals surface area contributed by atoms with Crippen LogP contribution in [0, 0.1) is 11.8 Å². The highest BCUT2D eigenvalue weighted by Gasteiger charge is 2.34. The molecule has 1 atom stereocenters. The van der Waals surface area contributed by atoms with Gasteiger partial charge < -0.3 is 15.7 Å². The molecule has 0 heterocycles. The smallest absolute Gasteiger partial charge is 0.323 e. The van der Waals surface area contributed by atoms with E-state index in [9.17, 15) is 9.59 Å². The van der Waals surface area contributed by atoms with Crippen molar-refractivity contribution in [2.24, 2.45) is 17.6 Å². The number of carboxylic acid groups (broad SMARTS) is 1. The van der Waals surface area contributed by atoms with Crippen molar-refractivity contribution in [3.63, 3.8) is 0 Å². The zero-order valence-electron chi connectivity index (χ0n) is 11.3. The van der Waals surface area contributed by atoms with E-state index in [-0.39, 0.29) is 24.4 Å². The highest BCUT2D eigenvalue weighted by Crippen LogP contribution is 2.28. The molecule has 0 aromatic heterocycles. The predicted molar refractivity (Wildman–Crippen MR) is 69.0 cm³/mol. The number of carbonyl (C=O) groups excluding carboxylic acids is 1. The molecule has 1 aliphatic carbocycles. The van der Waals surface area contributed by atoms with E-state index in [2.05, 4.69) is 13.8 Å². The molecule has 0 unspecified atom stereocenters. The molecule has 104 valence electrons. The fraction of sp³-hybridized carbons (Fsp3) is 0.846. The molecular weight excluding hydrogens is 232 g/mol. The first-order valence-electron chi connectivity index (χ1n) is 6.65. The molecule has 0 spiro atoms. The lowest BCUT2D eigenvalue weighted by atomic mass is 9.93. The van der Waals surface area contributed by atoms with Crippen LogP contribution in [0.3, 0.4) is 0 Å². The molecule has 1 saturated carbocycles. The van der Waals surface area contributed by atoms with Crippen LogP contribution >= 0.6 is 0 Å². The second-order valence-corrected chi connectivity index (χ2v) is 5.58. The summed E-state index contributed by atoms with van der Waals surface area (Å²) in [6.45, 7) is 4.50. The Morgan fingerprint density at radius 2 is 2.00 bits per heavy atom. The Labute approximate surface area is 108 Å². The summed E-state index contributed by atoms with van der Waals surface area (Å²) in [7, 11) is 0. The monoisotopic (exact) mass is 256 g/mol. The molecule has 5 heteroatoms. The van der Waals surface area contributed by atoms with Crippen molar-refractivity contribution in [1.82, 2.24) is 4.90 Å². The summed E-state index contributed by atoms with van der Waals surface area (Å²) in [4.78, 5) is 24.4. The topological polar surface area (TPSA) is 83.6 Å². The third-order valence-electron chi connectivity index (χ3n) is 3.21. The fourth-order valence-electron chi connectivity index (χ4n) is 2.25. The van der Waals surface area contributed by atoms with Crippen LogP contribution < -0.4 is 5.73 Å². The number of carbonyl (C=O) groups is 2. The summed E-state index contributed by atoms with van der Waals surface area (Å²) in [6.07, 6.45) is 3.14. The third-order valence-corrected chi connectivity index (χ3v) is 3.21. The predicted octanol–water partition coefficient (Wildman–Crippen LogP) is 1.07. The van der Waals surface area contributed by atoms with E-state index in [1.165, 1.54) is 4.90 Å². The van der Waals surface area contributed by atoms with Crippen molar-refractivity contribution in [1.29, 1.82) is 0 Å². The lowest BCUT2D eigenvalue weighted by Crippen LogP contribution is -2.39. The number of hydrogen-bond acceptors (Lipinski definition) is 3. The van der Waals surface area contributed by atoms with Crippen molar-refractivity contribution in [2.75, 3.05) is 13.1 Å². The van der Waals surface area contributed by atoms with Crippen LogP contribution in [0.4, 0.5) is 0 Å². The summed E-state index contributed by atoms with van der Waals surface area (Å²) in [6, 6.07) is 0.145. The first-order valence-corrected chi connectivity index (χ1v) is 6.65. The minimum Gasteiger partial charge on any atom is -0.480 e. The van der Waals surface area contributed by atoms with Crippen LogP contribution in [-0.4, -0.2) is 41.0 Å². The highest BCUT2D eigenvalue weighted by molar-refractivity contribution is 5.82. The van der Waals surface area contributed by atoms with E-state index in [1.807, 2.05) is 0 Å². The summed E-state index contributed by atoms with van der Waals surface area (Å²) in [5, 5.41) is 8.83. The van der Waals surface area contributed by atoms with Gasteiger partial charge in [-0.2, -0.15) is 0 Å². The zero-order valence-corrected chi connectivity index (χ0v) is 11.3. The second-order valence-electron chi connectivity index (χ2n) is 5.58. The number of aliphatic carboxylic acids is 1. The number of nitrogens with two attached hydrogens (primary N) is 1. The van der Waals surface area contributed by atoms with Gasteiger partial charge in [-0.25, -0.2) is 0 Å². The standard InChI is InChI=1S/C13H24N2O3/c1-9(2)5-10(7-14)6-12(16)15(8-13(17)18)11-3-4-11/h9-11H,3-8,14H2,1-2H3,(H,17,18)/t10-/m0/s1. The first-order chi connectivity index (χ1) is 8.43. The summed E-state index contributed by atoms with van der Waals surface area (Å²) in [5.41, 5.74) is 5.68. The van der Waals surface area contributed by atoms with E-state index < -0.39 is 5.97 Å². The SMILES string of the molecule is CC(C)C[C@H](CN)CC(=O)N(CC(=O)O)C1CC1. The quantitative estimate of drug-likeness (QED) is 0.680. The van der Waals surface area contributed by atoms with Gasteiger partial charge in [0.25, 0.3) is 0 Å². The van der Waals surface area contributed by atoms with Crippen molar-refractivity contribution in [2.45, 2.75) is 45.6 Å². The molecule has 1 aliphatic rings. The lowest BCUT2D eigenvalue weighted by Gasteiger charge is -2.24. The Hall–Kier alpha value is -1.10. The van der Waals surface area contributed by atoms with Gasteiger partial charge in [0.15, 0.2) is 0 Å². The maximum absolute atomic E-state index is 12.1. The molecule has 0 aromatic carbocycles. The van der Waals surface area contributed by atoms with Crippen LogP contribution in [-0.2, 0) is 9.59 Å². The Morgan fingerprint density at radius 3 is 2.39 bits per heavy atom. The van der Waals surface area contributed by atoms with Crippen LogP contribution in [0.25, 0.3) is 0 Å². The summed E-state index contributed by atoms with van der Waals surface area (Å²) < 4.78 is 0. The van der Waals surface area contributed by atoms with Crippen molar-refractivity contribution < 1.29 is 14.7 Å². The first kappa shape index (κ1) is 15.0. The third kappa shape index (κ3) is 5.04. The highest BCUT2D eigenvalue weighted by atomic mass is 16.4. The minimum atomic E-state index is -0.941. The van der Waals surface area contributed by atoms with E-state index in [0.717, 1.165) is 19.3 Å². The molecule has 0 aliphatic heterocycles. The summed E-state index contributed by atoms with van der Waals surface area (Å²) >= 11 is 0. The lowest BCUT2D eigenvalue weighted by molar-refractivity contribution is -0.145. The van der Waals surface area contributed by atoms with Crippen LogP contribution in [0.1, 0.15) is 39.5 Å². The Bertz CT molecular complexity index is 301. The molecule has 1 amide bonds. The van der Waals surface area contributed by atoms with Crippen molar-refractivity contribution >= 4 is 11.9 Å². The van der Waals surface area contributed by atoms with E-state index >= 15 is 0 Å². The second kappa shape index (κ2) is 6.73. The van der Waals surface area contributed by atoms with Crippen molar-refractivity contribution in [3.05, 3.63) is 0 Å². The van der Waals surface area contributed by atoms with Gasteiger partial charge in [0.1, 0.15) is 6.54 Å². The van der Waals surface area contributed by atoms with Gasteiger partial charge in [-0.05, 0) is 37.6 Å². The molecule has 18 heavy (non-hydrogen) atoms. The minimum absolute atomic E-state index is 0.0593. The van der Waals surface area contributed by atoms with Gasteiger partial charge >= 0.3 is 5.97 Å².